The summed E-state index contributed by atoms with van der Waals surface area (Å²) in [7, 11) is 0. The number of aromatic nitrogens is 2. The summed E-state index contributed by atoms with van der Waals surface area (Å²) in [6.45, 7) is 5.78. The van der Waals surface area contributed by atoms with Gasteiger partial charge in [0.15, 0.2) is 0 Å². The van der Waals surface area contributed by atoms with Gasteiger partial charge in [-0.1, -0.05) is 34.9 Å². The molecular weight excluding hydrogens is 407 g/mol. The van der Waals surface area contributed by atoms with Gasteiger partial charge in [0.2, 0.25) is 5.95 Å². The third-order valence-electron chi connectivity index (χ3n) is 5.88. The van der Waals surface area contributed by atoms with Crippen LogP contribution in [0.3, 0.4) is 0 Å². The van der Waals surface area contributed by atoms with E-state index < -0.39 is 0 Å². The predicted octanol–water partition coefficient (Wildman–Crippen LogP) is 5.43. The lowest BCUT2D eigenvalue weighted by atomic mass is 9.97. The van der Waals surface area contributed by atoms with Crippen molar-refractivity contribution in [3.8, 4) is 0 Å². The van der Waals surface area contributed by atoms with Crippen molar-refractivity contribution in [3.05, 3.63) is 61.5 Å². The normalized spacial score (nSPS) is 17.2. The molecule has 1 aliphatic carbocycles. The monoisotopic (exact) mass is 432 g/mol. The van der Waals surface area contributed by atoms with Gasteiger partial charge in [-0.3, -0.25) is 19.2 Å². The summed E-state index contributed by atoms with van der Waals surface area (Å²) >= 11 is 12.6. The molecule has 0 N–H and O–H groups in total. The average Bonchev–Trinajstić information content (AvgIpc) is 2.71. The highest BCUT2D eigenvalue weighted by Gasteiger charge is 2.28. The fourth-order valence-corrected chi connectivity index (χ4v) is 4.55. The topological polar surface area (TPSA) is 41.4 Å². The van der Waals surface area contributed by atoms with Gasteiger partial charge in [0.25, 0.3) is 5.56 Å². The van der Waals surface area contributed by atoms with Crippen molar-refractivity contribution in [2.24, 2.45) is 0 Å². The lowest BCUT2D eigenvalue weighted by molar-refractivity contribution is 0.200. The van der Waals surface area contributed by atoms with Gasteiger partial charge in [0, 0.05) is 22.8 Å². The maximum absolute atomic E-state index is 13.0. The van der Waals surface area contributed by atoms with E-state index in [-0.39, 0.29) is 5.56 Å². The molecule has 1 aliphatic heterocycles. The molecule has 1 aromatic heterocycles. The highest BCUT2D eigenvalue weighted by Crippen LogP contribution is 2.35. The first-order valence-corrected chi connectivity index (χ1v) is 10.9. The number of aryl methyl sites for hydroxylation is 1. The molecule has 0 spiro atoms. The van der Waals surface area contributed by atoms with Crippen LogP contribution in [0.15, 0.2) is 34.6 Å². The van der Waals surface area contributed by atoms with E-state index in [1.807, 2.05) is 30.9 Å². The Bertz CT molecular complexity index is 1010. The Morgan fingerprint density at radius 3 is 2.69 bits per heavy atom. The Balaban J connectivity index is 1.69. The smallest absolute Gasteiger partial charge is 0.259 e. The zero-order valence-corrected chi connectivity index (χ0v) is 18.4. The summed E-state index contributed by atoms with van der Waals surface area (Å²) in [6.07, 6.45) is 8.37. The fourth-order valence-electron chi connectivity index (χ4n) is 4.04. The standard InChI is InChI=1S/C22H26Cl2N4O/c1-15-16(2)25-22-27(20-9-8-18(23)12-19(20)24)13-26(14-28(22)21(15)29)11-10-17-6-4-3-5-7-17/h6,8-9,12H,3-5,7,10-11,13-14H2,1-2H3. The second kappa shape index (κ2) is 8.50. The lowest BCUT2D eigenvalue weighted by Gasteiger charge is -2.39. The van der Waals surface area contributed by atoms with Crippen molar-refractivity contribution in [2.45, 2.75) is 52.6 Å². The van der Waals surface area contributed by atoms with Gasteiger partial charge < -0.3 is 0 Å². The molecule has 2 heterocycles. The SMILES string of the molecule is Cc1nc2n(c(=O)c1C)CN(CCC1=CCCCC1)CN2c1ccc(Cl)cc1Cl. The molecule has 0 radical (unpaired) electrons. The molecule has 0 amide bonds. The van der Waals surface area contributed by atoms with Crippen molar-refractivity contribution in [3.63, 3.8) is 0 Å². The van der Waals surface area contributed by atoms with Gasteiger partial charge in [0.1, 0.15) is 0 Å². The number of allylic oxidation sites excluding steroid dienone is 1. The molecule has 4 rings (SSSR count). The van der Waals surface area contributed by atoms with Gasteiger partial charge in [0.05, 0.1) is 24.0 Å². The molecule has 0 atom stereocenters. The summed E-state index contributed by atoms with van der Waals surface area (Å²) in [5.41, 5.74) is 3.78. The largest absolute Gasteiger partial charge is 0.297 e. The number of benzene rings is 1. The average molecular weight is 433 g/mol. The number of anilines is 2. The van der Waals surface area contributed by atoms with E-state index in [9.17, 15) is 4.79 Å². The molecule has 0 unspecified atom stereocenters. The van der Waals surface area contributed by atoms with Crippen molar-refractivity contribution in [2.75, 3.05) is 18.1 Å². The second-order valence-corrected chi connectivity index (χ2v) is 8.76. The first kappa shape index (κ1) is 20.5. The Morgan fingerprint density at radius 2 is 1.97 bits per heavy atom. The molecule has 0 saturated heterocycles. The molecule has 0 bridgehead atoms. The van der Waals surface area contributed by atoms with Crippen LogP contribution in [-0.2, 0) is 6.67 Å². The molecule has 29 heavy (non-hydrogen) atoms. The number of rotatable bonds is 4. The number of halogens is 2. The van der Waals surface area contributed by atoms with Gasteiger partial charge in [-0.15, -0.1) is 0 Å². The van der Waals surface area contributed by atoms with Crippen molar-refractivity contribution < 1.29 is 0 Å². The quantitative estimate of drug-likeness (QED) is 0.604. The van der Waals surface area contributed by atoms with Crippen LogP contribution in [0.2, 0.25) is 10.0 Å². The van der Waals surface area contributed by atoms with E-state index in [2.05, 4.69) is 11.0 Å². The van der Waals surface area contributed by atoms with Crippen molar-refractivity contribution in [1.82, 2.24) is 14.5 Å². The van der Waals surface area contributed by atoms with Crippen LogP contribution in [0.4, 0.5) is 11.6 Å². The van der Waals surface area contributed by atoms with Gasteiger partial charge >= 0.3 is 0 Å². The van der Waals surface area contributed by atoms with Gasteiger partial charge in [-0.25, -0.2) is 4.98 Å². The molecular formula is C22H26Cl2N4O. The summed E-state index contributed by atoms with van der Waals surface area (Å²) in [6, 6.07) is 5.44. The zero-order valence-electron chi connectivity index (χ0n) is 16.9. The first-order chi connectivity index (χ1) is 13.9. The van der Waals surface area contributed by atoms with Crippen molar-refractivity contribution >= 4 is 34.8 Å². The molecule has 5 nitrogen and oxygen atoms in total. The maximum atomic E-state index is 13.0. The van der Waals surface area contributed by atoms with Crippen molar-refractivity contribution in [1.29, 1.82) is 0 Å². The van der Waals surface area contributed by atoms with Gasteiger partial charge in [-0.2, -0.15) is 0 Å². The molecule has 2 aliphatic rings. The molecule has 0 fully saturated rings. The molecule has 2 aromatic rings. The minimum atomic E-state index is 0.00386. The van der Waals surface area contributed by atoms with Crippen LogP contribution in [-0.4, -0.2) is 27.7 Å². The Hall–Kier alpha value is -1.82. The molecule has 1 aromatic carbocycles. The van der Waals surface area contributed by atoms with Crippen LogP contribution in [0.5, 0.6) is 0 Å². The third-order valence-corrected chi connectivity index (χ3v) is 6.41. The Morgan fingerprint density at radius 1 is 1.14 bits per heavy atom. The van der Waals surface area contributed by atoms with Crippen LogP contribution in [0, 0.1) is 13.8 Å². The van der Waals surface area contributed by atoms with E-state index in [0.29, 0.717) is 34.9 Å². The molecule has 0 saturated carbocycles. The minimum absolute atomic E-state index is 0.00386. The van der Waals surface area contributed by atoms with Crippen LogP contribution < -0.4 is 10.5 Å². The minimum Gasteiger partial charge on any atom is -0.297 e. The summed E-state index contributed by atoms with van der Waals surface area (Å²) in [4.78, 5) is 22.0. The number of nitrogens with zero attached hydrogens (tertiary/aromatic N) is 4. The van der Waals surface area contributed by atoms with Gasteiger partial charge in [-0.05, 0) is 64.2 Å². The van der Waals surface area contributed by atoms with E-state index >= 15 is 0 Å². The van der Waals surface area contributed by atoms with Crippen LogP contribution >= 0.6 is 23.2 Å². The fraction of sp³-hybridized carbons (Fsp3) is 0.455. The van der Waals surface area contributed by atoms with E-state index in [0.717, 1.165) is 24.3 Å². The third kappa shape index (κ3) is 4.23. The van der Waals surface area contributed by atoms with Crippen LogP contribution in [0.25, 0.3) is 0 Å². The zero-order chi connectivity index (χ0) is 20.5. The number of hydrogen-bond acceptors (Lipinski definition) is 4. The second-order valence-electron chi connectivity index (χ2n) is 7.91. The van der Waals surface area contributed by atoms with E-state index in [1.165, 1.54) is 31.3 Å². The summed E-state index contributed by atoms with van der Waals surface area (Å²) in [5, 5.41) is 1.13. The lowest BCUT2D eigenvalue weighted by Crippen LogP contribution is -2.48. The number of fused-ring (bicyclic) bond motifs is 1. The van der Waals surface area contributed by atoms with E-state index in [1.54, 1.807) is 10.6 Å². The number of hydrogen-bond donors (Lipinski definition) is 0. The first-order valence-electron chi connectivity index (χ1n) is 10.1. The summed E-state index contributed by atoms with van der Waals surface area (Å²) < 4.78 is 1.76. The predicted molar refractivity (Wildman–Crippen MR) is 119 cm³/mol. The van der Waals surface area contributed by atoms with Crippen LogP contribution in [0.1, 0.15) is 43.4 Å². The molecule has 7 heteroatoms. The maximum Gasteiger partial charge on any atom is 0.259 e. The summed E-state index contributed by atoms with van der Waals surface area (Å²) in [5.74, 6) is 0.635. The molecule has 154 valence electrons. The Kier molecular flexibility index (Phi) is 6.00. The highest BCUT2D eigenvalue weighted by atomic mass is 35.5. The highest BCUT2D eigenvalue weighted by molar-refractivity contribution is 6.36. The van der Waals surface area contributed by atoms with E-state index in [4.69, 9.17) is 28.2 Å². The Labute approximate surface area is 181 Å².